The molecular weight excluding hydrogens is 316 g/mol. The average molecular weight is 338 g/mol. The summed E-state index contributed by atoms with van der Waals surface area (Å²) < 4.78 is 1.90. The molecule has 0 saturated carbocycles. The van der Waals surface area contributed by atoms with Gasteiger partial charge in [-0.15, -0.1) is 6.42 Å². The number of terminal acetylenes is 1. The molecule has 130 valence electrons. The van der Waals surface area contributed by atoms with Gasteiger partial charge in [-0.2, -0.15) is 0 Å². The Morgan fingerprint density at radius 1 is 1.24 bits per heavy atom. The van der Waals surface area contributed by atoms with E-state index in [4.69, 9.17) is 6.42 Å². The van der Waals surface area contributed by atoms with Crippen molar-refractivity contribution in [3.8, 4) is 12.3 Å². The van der Waals surface area contributed by atoms with Crippen molar-refractivity contribution >= 4 is 22.7 Å². The smallest absolute Gasteiger partial charge is 0.271 e. The molecule has 2 aromatic rings. The number of carbonyl (C=O) groups excluding carboxylic acids is 2. The van der Waals surface area contributed by atoms with E-state index in [2.05, 4.69) is 21.7 Å². The molecule has 1 saturated heterocycles. The number of piperidine rings is 1. The van der Waals surface area contributed by atoms with Gasteiger partial charge in [0.25, 0.3) is 5.91 Å². The molecule has 0 bridgehead atoms. The van der Waals surface area contributed by atoms with Crippen LogP contribution in [0, 0.1) is 18.3 Å². The van der Waals surface area contributed by atoms with E-state index in [-0.39, 0.29) is 17.7 Å². The zero-order valence-electron chi connectivity index (χ0n) is 14.3. The Hall–Kier alpha value is -2.78. The van der Waals surface area contributed by atoms with Gasteiger partial charge in [0.1, 0.15) is 0 Å². The summed E-state index contributed by atoms with van der Waals surface area (Å²) >= 11 is 0. The summed E-state index contributed by atoms with van der Waals surface area (Å²) in [6.45, 7) is 2.23. The highest BCUT2D eigenvalue weighted by atomic mass is 16.2. The van der Waals surface area contributed by atoms with Crippen LogP contribution < -0.4 is 10.9 Å². The first kappa shape index (κ1) is 17.1. The first-order valence-electron chi connectivity index (χ1n) is 8.40. The van der Waals surface area contributed by atoms with Gasteiger partial charge in [0.15, 0.2) is 0 Å². The number of aryl methyl sites for hydroxylation is 1. The number of para-hydroxylation sites is 1. The van der Waals surface area contributed by atoms with Crippen molar-refractivity contribution in [2.45, 2.75) is 12.8 Å². The van der Waals surface area contributed by atoms with E-state index in [1.54, 1.807) is 6.20 Å². The van der Waals surface area contributed by atoms with Crippen LogP contribution in [0.3, 0.4) is 0 Å². The molecule has 6 nitrogen and oxygen atoms in total. The summed E-state index contributed by atoms with van der Waals surface area (Å²) in [5, 5.41) is 0.861. The highest BCUT2D eigenvalue weighted by Crippen LogP contribution is 2.20. The number of rotatable bonds is 3. The fourth-order valence-corrected chi connectivity index (χ4v) is 3.29. The van der Waals surface area contributed by atoms with Crippen molar-refractivity contribution in [2.24, 2.45) is 13.0 Å². The van der Waals surface area contributed by atoms with Gasteiger partial charge in [-0.3, -0.25) is 25.3 Å². The number of benzene rings is 1. The molecule has 2 N–H and O–H groups in total. The van der Waals surface area contributed by atoms with Crippen LogP contribution in [0.15, 0.2) is 30.5 Å². The fraction of sp³-hybridized carbons (Fsp3) is 0.368. The first-order chi connectivity index (χ1) is 12.1. The average Bonchev–Trinajstić information content (AvgIpc) is 2.98. The molecular formula is C19H22N4O2. The van der Waals surface area contributed by atoms with Crippen molar-refractivity contribution < 1.29 is 9.59 Å². The third-order valence-corrected chi connectivity index (χ3v) is 4.71. The molecule has 1 fully saturated rings. The van der Waals surface area contributed by atoms with E-state index < -0.39 is 0 Å². The predicted molar refractivity (Wildman–Crippen MR) is 96.5 cm³/mol. The lowest BCUT2D eigenvalue weighted by Gasteiger charge is -2.29. The maximum Gasteiger partial charge on any atom is 0.271 e. The third kappa shape index (κ3) is 3.67. The minimum atomic E-state index is -0.310. The number of nitrogens with zero attached hydrogens (tertiary/aromatic N) is 2. The first-order valence-corrected chi connectivity index (χ1v) is 8.40. The molecule has 0 aliphatic carbocycles. The Balaban J connectivity index is 1.57. The topological polar surface area (TPSA) is 66.4 Å². The summed E-state index contributed by atoms with van der Waals surface area (Å²) in [7, 11) is 1.89. The molecule has 1 aromatic carbocycles. The number of carbonyl (C=O) groups is 2. The minimum absolute atomic E-state index is 0.0955. The van der Waals surface area contributed by atoms with Crippen LogP contribution in [-0.2, 0) is 11.8 Å². The maximum absolute atomic E-state index is 12.4. The van der Waals surface area contributed by atoms with Gasteiger partial charge in [-0.1, -0.05) is 24.1 Å². The van der Waals surface area contributed by atoms with Gasteiger partial charge in [0, 0.05) is 30.1 Å². The molecule has 0 atom stereocenters. The van der Waals surface area contributed by atoms with E-state index in [1.807, 2.05) is 35.9 Å². The lowest BCUT2D eigenvalue weighted by Crippen LogP contribution is -2.47. The predicted octanol–water partition coefficient (Wildman–Crippen LogP) is 1.28. The van der Waals surface area contributed by atoms with Gasteiger partial charge in [-0.05, 0) is 32.0 Å². The molecule has 3 rings (SSSR count). The Labute approximate surface area is 147 Å². The van der Waals surface area contributed by atoms with Crippen molar-refractivity contribution in [1.29, 1.82) is 0 Å². The molecule has 1 aliphatic heterocycles. The van der Waals surface area contributed by atoms with Crippen LogP contribution in [0.4, 0.5) is 0 Å². The van der Waals surface area contributed by atoms with Crippen LogP contribution >= 0.6 is 0 Å². The quantitative estimate of drug-likeness (QED) is 0.655. The van der Waals surface area contributed by atoms with Crippen LogP contribution in [-0.4, -0.2) is 40.9 Å². The van der Waals surface area contributed by atoms with Crippen LogP contribution in [0.2, 0.25) is 0 Å². The number of likely N-dealkylation sites (tertiary alicyclic amines) is 1. The van der Waals surface area contributed by atoms with Crippen molar-refractivity contribution in [3.63, 3.8) is 0 Å². The largest absolute Gasteiger partial charge is 0.350 e. The summed E-state index contributed by atoms with van der Waals surface area (Å²) in [5.41, 5.74) is 6.62. The molecule has 0 spiro atoms. The Morgan fingerprint density at radius 2 is 1.96 bits per heavy atom. The monoisotopic (exact) mass is 338 g/mol. The number of nitrogens with one attached hydrogen (secondary N) is 2. The molecule has 1 aromatic heterocycles. The van der Waals surface area contributed by atoms with E-state index in [9.17, 15) is 9.59 Å². The summed E-state index contributed by atoms with van der Waals surface area (Å²) in [6.07, 6.45) is 8.57. The molecule has 25 heavy (non-hydrogen) atoms. The fourth-order valence-electron chi connectivity index (χ4n) is 3.29. The molecule has 6 heteroatoms. The van der Waals surface area contributed by atoms with Crippen LogP contribution in [0.5, 0.6) is 0 Å². The number of amides is 2. The second-order valence-corrected chi connectivity index (χ2v) is 6.37. The highest BCUT2D eigenvalue weighted by Gasteiger charge is 2.25. The van der Waals surface area contributed by atoms with E-state index in [1.165, 1.54) is 0 Å². The third-order valence-electron chi connectivity index (χ3n) is 4.71. The lowest BCUT2D eigenvalue weighted by molar-refractivity contribution is -0.127. The molecule has 0 radical (unpaired) electrons. The van der Waals surface area contributed by atoms with Crippen molar-refractivity contribution in [2.75, 3.05) is 19.6 Å². The molecule has 1 aliphatic rings. The standard InChI is InChI=1S/C19H22N4O2/c1-3-10-23-11-8-14(9-12-23)18(24)20-21-19(25)16-13-22(2)17-7-5-4-6-15(16)17/h1,4-7,13-14H,8-12H2,2H3,(H,20,24)(H,21,25). The Bertz CT molecular complexity index is 826. The van der Waals surface area contributed by atoms with E-state index in [0.717, 1.165) is 36.8 Å². The summed E-state index contributed by atoms with van der Waals surface area (Å²) in [5.74, 6) is 2.07. The maximum atomic E-state index is 12.4. The van der Waals surface area contributed by atoms with Gasteiger partial charge in [0.05, 0.1) is 12.1 Å². The molecule has 0 unspecified atom stereocenters. The highest BCUT2D eigenvalue weighted by molar-refractivity contribution is 6.07. The van der Waals surface area contributed by atoms with Gasteiger partial charge in [-0.25, -0.2) is 0 Å². The second kappa shape index (κ2) is 7.41. The second-order valence-electron chi connectivity index (χ2n) is 6.37. The van der Waals surface area contributed by atoms with Gasteiger partial charge in [0.2, 0.25) is 5.91 Å². The van der Waals surface area contributed by atoms with E-state index in [0.29, 0.717) is 12.1 Å². The van der Waals surface area contributed by atoms with Gasteiger partial charge >= 0.3 is 0 Å². The number of hydrogen-bond donors (Lipinski definition) is 2. The number of fused-ring (bicyclic) bond motifs is 1. The minimum Gasteiger partial charge on any atom is -0.350 e. The Morgan fingerprint density at radius 3 is 2.68 bits per heavy atom. The van der Waals surface area contributed by atoms with Crippen molar-refractivity contribution in [3.05, 3.63) is 36.0 Å². The molecule has 2 heterocycles. The summed E-state index contributed by atoms with van der Waals surface area (Å²) in [6, 6.07) is 7.67. The summed E-state index contributed by atoms with van der Waals surface area (Å²) in [4.78, 5) is 26.9. The van der Waals surface area contributed by atoms with Crippen LogP contribution in [0.25, 0.3) is 10.9 Å². The number of hydrazine groups is 1. The van der Waals surface area contributed by atoms with E-state index >= 15 is 0 Å². The Kier molecular flexibility index (Phi) is 5.05. The van der Waals surface area contributed by atoms with Crippen molar-refractivity contribution in [1.82, 2.24) is 20.3 Å². The number of hydrogen-bond acceptors (Lipinski definition) is 3. The normalized spacial score (nSPS) is 15.7. The van der Waals surface area contributed by atoms with Crippen LogP contribution in [0.1, 0.15) is 23.2 Å². The van der Waals surface area contributed by atoms with Gasteiger partial charge < -0.3 is 4.57 Å². The zero-order chi connectivity index (χ0) is 17.8. The molecule has 2 amide bonds. The SMILES string of the molecule is C#CCN1CCC(C(=O)NNC(=O)c2cn(C)c3ccccc23)CC1. The lowest BCUT2D eigenvalue weighted by atomic mass is 9.96. The number of aromatic nitrogens is 1. The zero-order valence-corrected chi connectivity index (χ0v) is 14.3.